The van der Waals surface area contributed by atoms with Gasteiger partial charge in [-0.2, -0.15) is 0 Å². The lowest BCUT2D eigenvalue weighted by atomic mass is 10.2. The Morgan fingerprint density at radius 1 is 0.971 bits per heavy atom. The second-order valence-corrected chi connectivity index (χ2v) is 10.1. The molecule has 0 unspecified atom stereocenters. The summed E-state index contributed by atoms with van der Waals surface area (Å²) in [6.07, 6.45) is 1.43. The number of sulfonamides is 1. The third kappa shape index (κ3) is 6.55. The molecule has 0 saturated carbocycles. The molecule has 0 radical (unpaired) electrons. The zero-order chi connectivity index (χ0) is 25.6. The van der Waals surface area contributed by atoms with E-state index in [2.05, 4.69) is 11.9 Å². The molecule has 0 aromatic heterocycles. The van der Waals surface area contributed by atoms with Gasteiger partial charge in [0.05, 0.1) is 33.5 Å². The number of nitrogens with zero attached hydrogens (tertiary/aromatic N) is 1. The molecule has 0 heterocycles. The second kappa shape index (κ2) is 11.6. The molecule has 3 aromatic carbocycles. The van der Waals surface area contributed by atoms with Gasteiger partial charge < -0.3 is 10.1 Å². The topological polar surface area (TPSA) is 92.8 Å². The molecule has 0 saturated heterocycles. The van der Waals surface area contributed by atoms with Crippen molar-refractivity contribution in [2.75, 3.05) is 22.8 Å². The Hall–Kier alpha value is -3.04. The Bertz CT molecular complexity index is 1360. The van der Waals surface area contributed by atoms with Gasteiger partial charge in [-0.3, -0.25) is 9.10 Å². The van der Waals surface area contributed by atoms with Crippen LogP contribution in [0.4, 0.5) is 11.4 Å². The number of carbonyl (C=O) groups excluding carboxylic acids is 2. The number of para-hydroxylation sites is 1. The fraction of sp³-hybridized carbons (Fsp3) is 0.0833. The van der Waals surface area contributed by atoms with Gasteiger partial charge in [-0.05, 0) is 48.5 Å². The number of anilines is 2. The van der Waals surface area contributed by atoms with Crippen molar-refractivity contribution >= 4 is 68.1 Å². The van der Waals surface area contributed by atoms with Crippen molar-refractivity contribution in [3.63, 3.8) is 0 Å². The van der Waals surface area contributed by atoms with Crippen molar-refractivity contribution in [2.45, 2.75) is 4.90 Å². The maximum Gasteiger partial charge on any atom is 0.338 e. The second-order valence-electron chi connectivity index (χ2n) is 7.05. The molecule has 3 aromatic rings. The van der Waals surface area contributed by atoms with Crippen molar-refractivity contribution in [1.29, 1.82) is 0 Å². The van der Waals surface area contributed by atoms with E-state index in [1.165, 1.54) is 36.4 Å². The van der Waals surface area contributed by atoms with Crippen molar-refractivity contribution in [3.05, 3.63) is 100 Å². The van der Waals surface area contributed by atoms with Gasteiger partial charge in [0, 0.05) is 5.02 Å². The van der Waals surface area contributed by atoms with E-state index in [9.17, 15) is 18.0 Å². The zero-order valence-corrected chi connectivity index (χ0v) is 21.2. The van der Waals surface area contributed by atoms with Crippen LogP contribution < -0.4 is 9.62 Å². The van der Waals surface area contributed by atoms with E-state index >= 15 is 0 Å². The summed E-state index contributed by atoms with van der Waals surface area (Å²) >= 11 is 18.0. The highest BCUT2D eigenvalue weighted by Crippen LogP contribution is 2.30. The average molecular weight is 554 g/mol. The molecule has 1 amide bonds. The highest BCUT2D eigenvalue weighted by molar-refractivity contribution is 7.93. The summed E-state index contributed by atoms with van der Waals surface area (Å²) in [7, 11) is -4.17. The fourth-order valence-electron chi connectivity index (χ4n) is 2.99. The van der Waals surface area contributed by atoms with E-state index in [4.69, 9.17) is 39.5 Å². The van der Waals surface area contributed by atoms with E-state index in [0.717, 1.165) is 10.4 Å². The number of carbonyl (C=O) groups is 2. The third-order valence-corrected chi connectivity index (χ3v) is 7.44. The van der Waals surface area contributed by atoms with Gasteiger partial charge in [0.2, 0.25) is 0 Å². The van der Waals surface area contributed by atoms with Crippen LogP contribution in [-0.2, 0) is 19.6 Å². The lowest BCUT2D eigenvalue weighted by Gasteiger charge is -2.23. The van der Waals surface area contributed by atoms with Gasteiger partial charge in [-0.1, -0.05) is 59.1 Å². The number of hydrogen-bond acceptors (Lipinski definition) is 5. The van der Waals surface area contributed by atoms with Gasteiger partial charge in [0.25, 0.3) is 15.9 Å². The quantitative estimate of drug-likeness (QED) is 0.266. The number of rotatable bonds is 9. The first kappa shape index (κ1) is 26.6. The minimum atomic E-state index is -4.17. The number of halogens is 3. The predicted molar refractivity (Wildman–Crippen MR) is 138 cm³/mol. The van der Waals surface area contributed by atoms with Gasteiger partial charge in [-0.15, -0.1) is 6.58 Å². The lowest BCUT2D eigenvalue weighted by Crippen LogP contribution is -2.31. The molecule has 0 aliphatic heterocycles. The molecule has 0 aliphatic rings. The Morgan fingerprint density at radius 3 is 2.34 bits per heavy atom. The average Bonchev–Trinajstić information content (AvgIpc) is 2.83. The predicted octanol–water partition coefficient (Wildman–Crippen LogP) is 5.82. The number of hydrogen-bond donors (Lipinski definition) is 1. The molecule has 0 aliphatic carbocycles. The Kier molecular flexibility index (Phi) is 8.80. The number of benzene rings is 3. The lowest BCUT2D eigenvalue weighted by molar-refractivity contribution is -0.119. The van der Waals surface area contributed by atoms with Crippen LogP contribution >= 0.6 is 34.8 Å². The summed E-state index contributed by atoms with van der Waals surface area (Å²) in [5, 5.41) is 3.02. The van der Waals surface area contributed by atoms with Crippen LogP contribution in [0.3, 0.4) is 0 Å². The molecular weight excluding hydrogens is 535 g/mol. The first-order valence-electron chi connectivity index (χ1n) is 10.0. The molecular formula is C24H19Cl3N2O5S. The summed E-state index contributed by atoms with van der Waals surface area (Å²) in [6, 6.07) is 16.6. The fourth-order valence-corrected chi connectivity index (χ4v) is 5.39. The molecule has 0 atom stereocenters. The van der Waals surface area contributed by atoms with E-state index in [1.807, 2.05) is 0 Å². The number of ether oxygens (including phenoxy) is 1. The first-order chi connectivity index (χ1) is 16.6. The van der Waals surface area contributed by atoms with Crippen LogP contribution in [0.15, 0.2) is 84.3 Å². The highest BCUT2D eigenvalue weighted by Gasteiger charge is 2.28. The standard InChI is InChI=1S/C24H19Cl3N2O5S/c1-2-12-29(18-6-4-3-5-7-18)35(32,33)22-13-16(8-10-19(22)26)24(31)34-15-23(30)28-21-11-9-17(25)14-20(21)27/h2-11,13-14H,1,12,15H2,(H,28,30). The van der Waals surface area contributed by atoms with Crippen LogP contribution in [0, 0.1) is 0 Å². The largest absolute Gasteiger partial charge is 0.452 e. The number of esters is 1. The molecule has 0 bridgehead atoms. The summed E-state index contributed by atoms with van der Waals surface area (Å²) < 4.78 is 32.9. The first-order valence-corrected chi connectivity index (χ1v) is 12.6. The molecule has 3 rings (SSSR count). The van der Waals surface area contributed by atoms with Gasteiger partial charge in [0.15, 0.2) is 6.61 Å². The maximum absolute atomic E-state index is 13.4. The molecule has 0 spiro atoms. The molecule has 35 heavy (non-hydrogen) atoms. The molecule has 1 N–H and O–H groups in total. The van der Waals surface area contributed by atoms with E-state index in [0.29, 0.717) is 16.4 Å². The number of nitrogens with one attached hydrogen (secondary N) is 1. The number of amides is 1. The summed E-state index contributed by atoms with van der Waals surface area (Å²) in [4.78, 5) is 24.4. The zero-order valence-electron chi connectivity index (χ0n) is 18.1. The summed E-state index contributed by atoms with van der Waals surface area (Å²) in [6.45, 7) is 2.96. The summed E-state index contributed by atoms with van der Waals surface area (Å²) in [5.41, 5.74) is 0.589. The normalized spacial score (nSPS) is 10.9. The third-order valence-electron chi connectivity index (χ3n) is 4.61. The van der Waals surface area contributed by atoms with Crippen molar-refractivity contribution < 1.29 is 22.7 Å². The van der Waals surface area contributed by atoms with Gasteiger partial charge >= 0.3 is 5.97 Å². The van der Waals surface area contributed by atoms with Crippen LogP contribution in [0.2, 0.25) is 15.1 Å². The van der Waals surface area contributed by atoms with Crippen LogP contribution in [0.5, 0.6) is 0 Å². The monoisotopic (exact) mass is 552 g/mol. The molecule has 182 valence electrons. The van der Waals surface area contributed by atoms with Gasteiger partial charge in [0.1, 0.15) is 4.90 Å². The minimum absolute atomic E-state index is 0.0230. The molecule has 0 fully saturated rings. The highest BCUT2D eigenvalue weighted by atomic mass is 35.5. The Morgan fingerprint density at radius 2 is 1.69 bits per heavy atom. The smallest absolute Gasteiger partial charge is 0.338 e. The van der Waals surface area contributed by atoms with Crippen molar-refractivity contribution in [1.82, 2.24) is 0 Å². The van der Waals surface area contributed by atoms with Gasteiger partial charge in [-0.25, -0.2) is 13.2 Å². The van der Waals surface area contributed by atoms with Crippen molar-refractivity contribution in [2.24, 2.45) is 0 Å². The summed E-state index contributed by atoms with van der Waals surface area (Å²) in [5.74, 6) is -1.56. The van der Waals surface area contributed by atoms with Crippen molar-refractivity contribution in [3.8, 4) is 0 Å². The van der Waals surface area contributed by atoms with Crippen LogP contribution in [-0.4, -0.2) is 33.4 Å². The SMILES string of the molecule is C=CCN(c1ccccc1)S(=O)(=O)c1cc(C(=O)OCC(=O)Nc2ccc(Cl)cc2Cl)ccc1Cl. The van der Waals surface area contributed by atoms with E-state index in [1.54, 1.807) is 30.3 Å². The molecule has 7 nitrogen and oxygen atoms in total. The van der Waals surface area contributed by atoms with Crippen LogP contribution in [0.1, 0.15) is 10.4 Å². The molecule has 11 heteroatoms. The minimum Gasteiger partial charge on any atom is -0.452 e. The Balaban J connectivity index is 1.78. The van der Waals surface area contributed by atoms with Crippen LogP contribution in [0.25, 0.3) is 0 Å². The maximum atomic E-state index is 13.4. The van der Waals surface area contributed by atoms with E-state index in [-0.39, 0.29) is 27.0 Å². The Labute approximate surface area is 217 Å². The van der Waals surface area contributed by atoms with E-state index < -0.39 is 28.5 Å².